The zero-order valence-corrected chi connectivity index (χ0v) is 34.1. The van der Waals surface area contributed by atoms with Crippen molar-refractivity contribution in [2.24, 2.45) is 23.7 Å². The van der Waals surface area contributed by atoms with Crippen LogP contribution in [-0.2, 0) is 51.1 Å². The Balaban J connectivity index is 1.85. The minimum atomic E-state index is -2.06. The number of nitrogens with zero attached hydrogens (tertiary/aromatic N) is 1. The molecule has 2 aromatic rings. The van der Waals surface area contributed by atoms with Crippen LogP contribution >= 0.6 is 0 Å². The molecular weight excluding hydrogens is 714 g/mol. The van der Waals surface area contributed by atoms with Crippen molar-refractivity contribution in [3.63, 3.8) is 0 Å². The highest BCUT2D eigenvalue weighted by atomic mass is 16.5. The van der Waals surface area contributed by atoms with E-state index in [4.69, 9.17) is 9.47 Å². The molecule has 0 saturated carbocycles. The van der Waals surface area contributed by atoms with Gasteiger partial charge in [0.25, 0.3) is 0 Å². The SMILES string of the molecule is CC(=O)OC[C@@](C)(O)C(=O)[C@H](CC(C)C)NC(=O)[C@@H](CC(=O)[C@H](CC(C)C)NC(=O)[C@H](CCc1ccccc1)CC(=O)CN1CCOCC1)Cc1ccccc1. The van der Waals surface area contributed by atoms with Crippen LogP contribution in [0, 0.1) is 23.7 Å². The first-order valence-corrected chi connectivity index (χ1v) is 20.0. The molecule has 1 aliphatic rings. The fraction of sp³-hybridized carbons (Fsp3) is 0.591. The summed E-state index contributed by atoms with van der Waals surface area (Å²) < 4.78 is 10.4. The first-order valence-electron chi connectivity index (χ1n) is 20.0. The van der Waals surface area contributed by atoms with E-state index in [1.165, 1.54) is 13.8 Å². The van der Waals surface area contributed by atoms with Gasteiger partial charge in [0, 0.05) is 44.7 Å². The standard InChI is InChI=1S/C44H63N3O9/c1-30(2)23-38(45-42(52)35(18-17-33-13-9-7-10-14-33)26-37(49)28-47-19-21-55-22-20-47)40(50)27-36(25-34-15-11-8-12-16-34)43(53)46-39(24-31(3)4)41(51)44(6,54)29-56-32(5)48/h7-16,30-31,35-36,38-39,54H,17-29H2,1-6H3,(H,45,52)(H,46,53)/t35-,36-,38+,39+,44-/m1/s1. The van der Waals surface area contributed by atoms with Crippen LogP contribution < -0.4 is 10.6 Å². The van der Waals surface area contributed by atoms with Gasteiger partial charge in [0.15, 0.2) is 17.2 Å². The molecule has 0 bridgehead atoms. The highest BCUT2D eigenvalue weighted by Gasteiger charge is 2.39. The Morgan fingerprint density at radius 1 is 0.786 bits per heavy atom. The molecule has 12 heteroatoms. The van der Waals surface area contributed by atoms with E-state index in [2.05, 4.69) is 10.6 Å². The Bertz CT molecular complexity index is 1570. The first kappa shape index (κ1) is 46.1. The Hall–Kier alpha value is -4.26. The van der Waals surface area contributed by atoms with Gasteiger partial charge in [0.05, 0.1) is 31.8 Å². The lowest BCUT2D eigenvalue weighted by Gasteiger charge is -2.30. The molecule has 3 N–H and O–H groups in total. The summed E-state index contributed by atoms with van der Waals surface area (Å²) in [6.45, 7) is 12.1. The molecule has 5 atom stereocenters. The maximum Gasteiger partial charge on any atom is 0.302 e. The second-order valence-electron chi connectivity index (χ2n) is 16.2. The Labute approximate surface area is 332 Å². The first-order chi connectivity index (χ1) is 26.5. The molecule has 56 heavy (non-hydrogen) atoms. The van der Waals surface area contributed by atoms with Gasteiger partial charge in [-0.05, 0) is 62.0 Å². The third-order valence-electron chi connectivity index (χ3n) is 9.96. The highest BCUT2D eigenvalue weighted by Crippen LogP contribution is 2.22. The fourth-order valence-electron chi connectivity index (χ4n) is 6.91. The number of morpholine rings is 1. The quantitative estimate of drug-likeness (QED) is 0.131. The normalized spacial score (nSPS) is 16.6. The Morgan fingerprint density at radius 2 is 1.32 bits per heavy atom. The minimum absolute atomic E-state index is 0.0175. The van der Waals surface area contributed by atoms with E-state index >= 15 is 0 Å². The molecule has 1 saturated heterocycles. The number of aliphatic hydroxyl groups is 1. The van der Waals surface area contributed by atoms with E-state index in [1.807, 2.05) is 93.3 Å². The summed E-state index contributed by atoms with van der Waals surface area (Å²) in [7, 11) is 0. The maximum atomic E-state index is 14.3. The molecule has 3 rings (SSSR count). The van der Waals surface area contributed by atoms with E-state index in [-0.39, 0.29) is 61.5 Å². The number of hydrogen-bond donors (Lipinski definition) is 3. The summed E-state index contributed by atoms with van der Waals surface area (Å²) >= 11 is 0. The summed E-state index contributed by atoms with van der Waals surface area (Å²) in [5.74, 6) is -4.30. The zero-order chi connectivity index (χ0) is 41.3. The summed E-state index contributed by atoms with van der Waals surface area (Å²) in [5, 5.41) is 16.8. The Morgan fingerprint density at radius 3 is 1.89 bits per heavy atom. The number of nitrogens with one attached hydrogen (secondary N) is 2. The second kappa shape index (κ2) is 23.1. The van der Waals surface area contributed by atoms with Crippen molar-refractivity contribution in [3.05, 3.63) is 71.8 Å². The van der Waals surface area contributed by atoms with Crippen LogP contribution in [0.1, 0.15) is 84.8 Å². The smallest absolute Gasteiger partial charge is 0.302 e. The van der Waals surface area contributed by atoms with Crippen molar-refractivity contribution in [3.8, 4) is 0 Å². The van der Waals surface area contributed by atoms with Gasteiger partial charge < -0.3 is 25.2 Å². The van der Waals surface area contributed by atoms with E-state index in [9.17, 15) is 33.9 Å². The lowest BCUT2D eigenvalue weighted by Crippen LogP contribution is -2.54. The molecule has 1 aliphatic heterocycles. The molecule has 2 amide bonds. The van der Waals surface area contributed by atoms with Crippen LogP contribution in [0.2, 0.25) is 0 Å². The van der Waals surface area contributed by atoms with Crippen LogP contribution in [0.3, 0.4) is 0 Å². The van der Waals surface area contributed by atoms with Gasteiger partial charge in [-0.25, -0.2) is 0 Å². The van der Waals surface area contributed by atoms with E-state index in [0.29, 0.717) is 45.6 Å². The number of Topliss-reactive ketones (excluding diaryl/α,β-unsaturated/α-hetero) is 3. The largest absolute Gasteiger partial charge is 0.462 e. The van der Waals surface area contributed by atoms with E-state index in [1.54, 1.807) is 0 Å². The molecule has 0 spiro atoms. The zero-order valence-electron chi connectivity index (χ0n) is 34.1. The van der Waals surface area contributed by atoms with Gasteiger partial charge >= 0.3 is 5.97 Å². The molecule has 12 nitrogen and oxygen atoms in total. The van der Waals surface area contributed by atoms with Crippen LogP contribution in [0.25, 0.3) is 0 Å². The Kier molecular flexibility index (Phi) is 19.0. The van der Waals surface area contributed by atoms with Gasteiger partial charge in [-0.1, -0.05) is 88.4 Å². The van der Waals surface area contributed by atoms with E-state index < -0.39 is 53.8 Å². The summed E-state index contributed by atoms with van der Waals surface area (Å²) in [6.07, 6.45) is 1.51. The maximum absolute atomic E-state index is 14.3. The summed E-state index contributed by atoms with van der Waals surface area (Å²) in [5.41, 5.74) is -0.216. The molecular formula is C44H63N3O9. The average molecular weight is 778 g/mol. The third-order valence-corrected chi connectivity index (χ3v) is 9.96. The van der Waals surface area contributed by atoms with Crippen LogP contribution in [0.4, 0.5) is 0 Å². The van der Waals surface area contributed by atoms with Gasteiger partial charge in [0.1, 0.15) is 12.4 Å². The number of rotatable bonds is 24. The number of carbonyl (C=O) groups excluding carboxylic acids is 6. The molecule has 0 unspecified atom stereocenters. The van der Waals surface area contributed by atoms with Crippen molar-refractivity contribution in [2.45, 2.75) is 104 Å². The van der Waals surface area contributed by atoms with E-state index in [0.717, 1.165) is 11.1 Å². The van der Waals surface area contributed by atoms with Crippen molar-refractivity contribution in [1.29, 1.82) is 0 Å². The monoisotopic (exact) mass is 777 g/mol. The van der Waals surface area contributed by atoms with Gasteiger partial charge in [0.2, 0.25) is 11.8 Å². The minimum Gasteiger partial charge on any atom is -0.462 e. The average Bonchev–Trinajstić information content (AvgIpc) is 3.15. The predicted molar refractivity (Wildman–Crippen MR) is 213 cm³/mol. The topological polar surface area (TPSA) is 168 Å². The van der Waals surface area contributed by atoms with Crippen LogP contribution in [0.15, 0.2) is 60.7 Å². The fourth-order valence-corrected chi connectivity index (χ4v) is 6.91. The van der Waals surface area contributed by atoms with Crippen LogP contribution in [0.5, 0.6) is 0 Å². The number of ketones is 3. The molecule has 1 fully saturated rings. The predicted octanol–water partition coefficient (Wildman–Crippen LogP) is 4.29. The van der Waals surface area contributed by atoms with Gasteiger partial charge in [-0.3, -0.25) is 33.7 Å². The van der Waals surface area contributed by atoms with Crippen molar-refractivity contribution < 1.29 is 43.3 Å². The number of hydrogen-bond acceptors (Lipinski definition) is 10. The highest BCUT2D eigenvalue weighted by molar-refractivity contribution is 5.97. The molecule has 0 aliphatic carbocycles. The number of carbonyl (C=O) groups is 6. The molecule has 1 heterocycles. The number of ether oxygens (including phenoxy) is 2. The van der Waals surface area contributed by atoms with Gasteiger partial charge in [-0.2, -0.15) is 0 Å². The van der Waals surface area contributed by atoms with Crippen molar-refractivity contribution >= 4 is 35.1 Å². The number of benzene rings is 2. The molecule has 2 aromatic carbocycles. The number of esters is 1. The number of amides is 2. The van der Waals surface area contributed by atoms with Crippen molar-refractivity contribution in [1.82, 2.24) is 15.5 Å². The van der Waals surface area contributed by atoms with Crippen LogP contribution in [-0.4, -0.2) is 102 Å². The lowest BCUT2D eigenvalue weighted by molar-refractivity contribution is -0.156. The van der Waals surface area contributed by atoms with Gasteiger partial charge in [-0.15, -0.1) is 0 Å². The summed E-state index contributed by atoms with van der Waals surface area (Å²) in [4.78, 5) is 82.9. The second-order valence-corrected chi connectivity index (χ2v) is 16.2. The molecule has 0 aromatic heterocycles. The van der Waals surface area contributed by atoms with Crippen molar-refractivity contribution in [2.75, 3.05) is 39.5 Å². The molecule has 0 radical (unpaired) electrons. The lowest BCUT2D eigenvalue weighted by atomic mass is 9.86. The summed E-state index contributed by atoms with van der Waals surface area (Å²) in [6, 6.07) is 16.9. The third kappa shape index (κ3) is 16.5. The number of aryl methyl sites for hydroxylation is 1. The molecule has 308 valence electrons.